The van der Waals surface area contributed by atoms with Crippen molar-refractivity contribution in [1.82, 2.24) is 20.2 Å². The van der Waals surface area contributed by atoms with Gasteiger partial charge < -0.3 is 14.8 Å². The van der Waals surface area contributed by atoms with Gasteiger partial charge >= 0.3 is 0 Å². The van der Waals surface area contributed by atoms with Crippen LogP contribution in [-0.2, 0) is 30.8 Å². The molecular weight excluding hydrogens is 476 g/mol. The lowest BCUT2D eigenvalue weighted by molar-refractivity contribution is 0.0754. The third-order valence-electron chi connectivity index (χ3n) is 6.44. The van der Waals surface area contributed by atoms with Gasteiger partial charge in [-0.2, -0.15) is 0 Å². The summed E-state index contributed by atoms with van der Waals surface area (Å²) in [5.74, 6) is 0.648. The quantitative estimate of drug-likeness (QED) is 0.431. The molecule has 3 heterocycles. The Morgan fingerprint density at radius 2 is 1.87 bits per heavy atom. The van der Waals surface area contributed by atoms with E-state index in [-0.39, 0.29) is 5.91 Å². The highest BCUT2D eigenvalue weighted by Crippen LogP contribution is 2.25. The van der Waals surface area contributed by atoms with Gasteiger partial charge in [0.15, 0.2) is 0 Å². The van der Waals surface area contributed by atoms with Crippen LogP contribution in [0.3, 0.4) is 0 Å². The molecule has 0 unspecified atom stereocenters. The van der Waals surface area contributed by atoms with Crippen molar-refractivity contribution in [1.29, 1.82) is 0 Å². The molecule has 1 amide bonds. The highest BCUT2D eigenvalue weighted by molar-refractivity contribution is 5.94. The number of fused-ring (bicyclic) bond motifs is 3. The van der Waals surface area contributed by atoms with Crippen molar-refractivity contribution in [3.63, 3.8) is 0 Å². The molecule has 0 fully saturated rings. The van der Waals surface area contributed by atoms with Gasteiger partial charge in [-0.3, -0.25) is 19.7 Å². The van der Waals surface area contributed by atoms with E-state index >= 15 is 0 Å². The van der Waals surface area contributed by atoms with Crippen molar-refractivity contribution < 1.29 is 14.3 Å². The average molecular weight is 509 g/mol. The first-order valence-corrected chi connectivity index (χ1v) is 12.9. The van der Waals surface area contributed by atoms with Crippen LogP contribution >= 0.6 is 0 Å². The van der Waals surface area contributed by atoms with Crippen molar-refractivity contribution in [3.8, 4) is 5.75 Å². The standard InChI is InChI=1S/C31H32N4O3/c36-31(34-21-26-7-4-11-32-20-26)27-9-10-30-28(19-27)18-24-5-3-6-25(17-24)22-35(13-14-37-15-16-38-30)23-29-8-1-2-12-33-29/h1-12,17,19-20H,13-16,18,21-23H2,(H,34,36). The van der Waals surface area contributed by atoms with Gasteiger partial charge in [0.25, 0.3) is 5.91 Å². The molecule has 1 aliphatic heterocycles. The van der Waals surface area contributed by atoms with Gasteiger partial charge in [-0.05, 0) is 58.7 Å². The Morgan fingerprint density at radius 3 is 2.74 bits per heavy atom. The number of nitrogens with zero attached hydrogens (tertiary/aromatic N) is 3. The molecule has 0 saturated heterocycles. The fourth-order valence-electron chi connectivity index (χ4n) is 4.54. The predicted molar refractivity (Wildman–Crippen MR) is 146 cm³/mol. The lowest BCUT2D eigenvalue weighted by Crippen LogP contribution is -2.28. The number of carbonyl (C=O) groups excluding carboxylic acids is 1. The van der Waals surface area contributed by atoms with Crippen molar-refractivity contribution in [3.05, 3.63) is 125 Å². The zero-order valence-corrected chi connectivity index (χ0v) is 21.4. The van der Waals surface area contributed by atoms with Crippen LogP contribution in [-0.4, -0.2) is 47.1 Å². The van der Waals surface area contributed by atoms with E-state index in [0.717, 1.165) is 42.2 Å². The second-order valence-corrected chi connectivity index (χ2v) is 9.36. The Kier molecular flexibility index (Phi) is 8.71. The van der Waals surface area contributed by atoms with Gasteiger partial charge in [0.2, 0.25) is 0 Å². The van der Waals surface area contributed by atoms with Gasteiger partial charge in [-0.15, -0.1) is 0 Å². The number of hydrogen-bond acceptors (Lipinski definition) is 6. The number of hydrogen-bond donors (Lipinski definition) is 1. The van der Waals surface area contributed by atoms with Crippen molar-refractivity contribution >= 4 is 5.91 Å². The van der Waals surface area contributed by atoms with Gasteiger partial charge in [-0.1, -0.05) is 36.4 Å². The largest absolute Gasteiger partial charge is 0.491 e. The molecule has 0 aliphatic carbocycles. The number of rotatable bonds is 5. The third-order valence-corrected chi connectivity index (χ3v) is 6.44. The third kappa shape index (κ3) is 7.25. The SMILES string of the molecule is O=C(NCc1cccnc1)c1ccc2c(c1)Cc1cccc(c1)CN(Cc1ccccn1)CCOCCO2. The molecule has 1 N–H and O–H groups in total. The van der Waals surface area contributed by atoms with Crippen LogP contribution < -0.4 is 10.1 Å². The van der Waals surface area contributed by atoms with E-state index in [1.807, 2.05) is 48.7 Å². The summed E-state index contributed by atoms with van der Waals surface area (Å²) in [4.78, 5) is 23.9. The average Bonchev–Trinajstić information content (AvgIpc) is 2.95. The highest BCUT2D eigenvalue weighted by Gasteiger charge is 2.14. The molecule has 0 radical (unpaired) electrons. The summed E-state index contributed by atoms with van der Waals surface area (Å²) in [6.45, 7) is 4.33. The van der Waals surface area contributed by atoms with Crippen molar-refractivity contribution in [2.75, 3.05) is 26.4 Å². The molecule has 2 aromatic heterocycles. The van der Waals surface area contributed by atoms with Crippen LogP contribution in [0.15, 0.2) is 91.4 Å². The van der Waals surface area contributed by atoms with Crippen molar-refractivity contribution in [2.24, 2.45) is 0 Å². The Morgan fingerprint density at radius 1 is 0.921 bits per heavy atom. The summed E-state index contributed by atoms with van der Waals surface area (Å²) in [7, 11) is 0. The second-order valence-electron chi connectivity index (χ2n) is 9.36. The maximum Gasteiger partial charge on any atom is 0.251 e. The molecule has 0 saturated carbocycles. The van der Waals surface area contributed by atoms with Crippen LogP contribution in [0.4, 0.5) is 0 Å². The summed E-state index contributed by atoms with van der Waals surface area (Å²) in [5, 5.41) is 2.99. The zero-order valence-electron chi connectivity index (χ0n) is 21.4. The first kappa shape index (κ1) is 25.6. The van der Waals surface area contributed by atoms with Gasteiger partial charge in [-0.25, -0.2) is 0 Å². The van der Waals surface area contributed by atoms with Gasteiger partial charge in [0.1, 0.15) is 12.4 Å². The Bertz CT molecular complexity index is 1330. The number of nitrogens with one attached hydrogen (secondary N) is 1. The molecule has 0 spiro atoms. The van der Waals surface area contributed by atoms with E-state index in [1.54, 1.807) is 12.4 Å². The van der Waals surface area contributed by atoms with Crippen LogP contribution in [0.1, 0.15) is 38.3 Å². The lowest BCUT2D eigenvalue weighted by atomic mass is 9.99. The van der Waals surface area contributed by atoms with E-state index in [4.69, 9.17) is 9.47 Å². The smallest absolute Gasteiger partial charge is 0.251 e. The molecule has 0 atom stereocenters. The molecule has 4 aromatic rings. The number of benzene rings is 2. The van der Waals surface area contributed by atoms with Gasteiger partial charge in [0.05, 0.1) is 18.9 Å². The Hall–Kier alpha value is -4.07. The monoisotopic (exact) mass is 508 g/mol. The van der Waals surface area contributed by atoms with Crippen LogP contribution in [0.25, 0.3) is 0 Å². The number of aromatic nitrogens is 2. The molecule has 194 valence electrons. The molecule has 1 aliphatic rings. The molecule has 5 rings (SSSR count). The number of ether oxygens (including phenoxy) is 2. The topological polar surface area (TPSA) is 76.6 Å². The maximum atomic E-state index is 12.9. The minimum Gasteiger partial charge on any atom is -0.491 e. The fourth-order valence-corrected chi connectivity index (χ4v) is 4.54. The first-order chi connectivity index (χ1) is 18.7. The molecule has 7 heteroatoms. The summed E-state index contributed by atoms with van der Waals surface area (Å²) < 4.78 is 12.0. The predicted octanol–water partition coefficient (Wildman–Crippen LogP) is 4.41. The van der Waals surface area contributed by atoms with E-state index in [9.17, 15) is 4.79 Å². The lowest BCUT2D eigenvalue weighted by Gasteiger charge is -2.23. The van der Waals surface area contributed by atoms with E-state index in [1.165, 1.54) is 11.1 Å². The van der Waals surface area contributed by atoms with E-state index in [2.05, 4.69) is 50.5 Å². The van der Waals surface area contributed by atoms with Gasteiger partial charge in [0, 0.05) is 56.8 Å². The summed E-state index contributed by atoms with van der Waals surface area (Å²) in [6.07, 6.45) is 5.97. The zero-order chi connectivity index (χ0) is 26.0. The molecule has 7 nitrogen and oxygen atoms in total. The molecular formula is C31H32N4O3. The Labute approximate surface area is 223 Å². The minimum absolute atomic E-state index is 0.127. The summed E-state index contributed by atoms with van der Waals surface area (Å²) in [6, 6.07) is 24.1. The molecule has 2 bridgehead atoms. The van der Waals surface area contributed by atoms with E-state index in [0.29, 0.717) is 38.3 Å². The summed E-state index contributed by atoms with van der Waals surface area (Å²) >= 11 is 0. The highest BCUT2D eigenvalue weighted by atomic mass is 16.5. The molecule has 2 aromatic carbocycles. The van der Waals surface area contributed by atoms with Crippen molar-refractivity contribution in [2.45, 2.75) is 26.1 Å². The molecule has 38 heavy (non-hydrogen) atoms. The van der Waals surface area contributed by atoms with Crippen LogP contribution in [0.5, 0.6) is 5.75 Å². The normalized spacial score (nSPS) is 14.5. The second kappa shape index (κ2) is 12.9. The number of amides is 1. The minimum atomic E-state index is -0.127. The van der Waals surface area contributed by atoms with E-state index < -0.39 is 0 Å². The van der Waals surface area contributed by atoms with Crippen LogP contribution in [0, 0.1) is 0 Å². The number of carbonyl (C=O) groups is 1. The Balaban J connectivity index is 1.34. The fraction of sp³-hybridized carbons (Fsp3) is 0.258. The first-order valence-electron chi connectivity index (χ1n) is 12.9. The summed E-state index contributed by atoms with van der Waals surface area (Å²) in [5.41, 5.74) is 5.97. The maximum absolute atomic E-state index is 12.9. The number of pyridine rings is 2. The van der Waals surface area contributed by atoms with Crippen LogP contribution in [0.2, 0.25) is 0 Å².